The third kappa shape index (κ3) is 2.82. The number of hydrogen-bond acceptors (Lipinski definition) is 3. The van der Waals surface area contributed by atoms with Crippen LogP contribution in [0.2, 0.25) is 5.02 Å². The summed E-state index contributed by atoms with van der Waals surface area (Å²) >= 11 is 6.16. The van der Waals surface area contributed by atoms with E-state index < -0.39 is 10.8 Å². The van der Waals surface area contributed by atoms with Crippen molar-refractivity contribution in [2.24, 2.45) is 7.05 Å². The quantitative estimate of drug-likeness (QED) is 0.886. The van der Waals surface area contributed by atoms with Crippen molar-refractivity contribution < 1.29 is 4.21 Å². The molecule has 2 aromatic rings. The average Bonchev–Trinajstić information content (AvgIpc) is 2.59. The largest absolute Gasteiger partial charge is 0.399 e. The predicted octanol–water partition coefficient (Wildman–Crippen LogP) is 2.58. The number of anilines is 1. The number of rotatable bonds is 3. The van der Waals surface area contributed by atoms with Gasteiger partial charge in [-0.05, 0) is 37.6 Å². The molecule has 0 radical (unpaired) electrons. The summed E-state index contributed by atoms with van der Waals surface area (Å²) in [5.41, 5.74) is 8.93. The number of aryl methyl sites for hydroxylation is 3. The number of nitrogens with zero attached hydrogens (tertiary/aromatic N) is 2. The van der Waals surface area contributed by atoms with Gasteiger partial charge in [-0.15, -0.1) is 0 Å². The second kappa shape index (κ2) is 5.35. The molecule has 0 saturated carbocycles. The maximum atomic E-state index is 12.4. The summed E-state index contributed by atoms with van der Waals surface area (Å²) in [7, 11) is 0.644. The Morgan fingerprint density at radius 3 is 2.63 bits per heavy atom. The van der Waals surface area contributed by atoms with E-state index in [0.717, 1.165) is 21.8 Å². The molecule has 1 aromatic heterocycles. The minimum Gasteiger partial charge on any atom is -0.399 e. The van der Waals surface area contributed by atoms with Crippen molar-refractivity contribution in [2.75, 3.05) is 5.73 Å². The summed E-state index contributed by atoms with van der Waals surface area (Å²) in [6.07, 6.45) is 0. The maximum absolute atomic E-state index is 12.4. The molecule has 0 bridgehead atoms. The van der Waals surface area contributed by atoms with Gasteiger partial charge in [-0.1, -0.05) is 11.6 Å². The van der Waals surface area contributed by atoms with Gasteiger partial charge in [-0.2, -0.15) is 5.10 Å². The molecule has 2 rings (SSSR count). The summed E-state index contributed by atoms with van der Waals surface area (Å²) in [6, 6.07) is 5.41. The highest BCUT2D eigenvalue weighted by Gasteiger charge is 2.15. The molecular formula is C13H16ClN3OS. The lowest BCUT2D eigenvalue weighted by molar-refractivity contribution is 0.676. The van der Waals surface area contributed by atoms with E-state index in [0.29, 0.717) is 16.5 Å². The van der Waals surface area contributed by atoms with Gasteiger partial charge < -0.3 is 5.73 Å². The summed E-state index contributed by atoms with van der Waals surface area (Å²) in [4.78, 5) is 0.751. The molecule has 19 heavy (non-hydrogen) atoms. The molecule has 0 spiro atoms. The molecule has 0 aliphatic carbocycles. The average molecular weight is 298 g/mol. The standard InChI is InChI=1S/C13H16ClN3OS/c1-8-6-10(4-5-11(8)15)19(18)7-12-13(14)9(2)16-17(12)3/h4-6H,7,15H2,1-3H3. The number of nitrogens with two attached hydrogens (primary N) is 1. The summed E-state index contributed by atoms with van der Waals surface area (Å²) in [5, 5.41) is 4.81. The van der Waals surface area contributed by atoms with Crippen LogP contribution < -0.4 is 5.73 Å². The number of nitrogen functional groups attached to an aromatic ring is 1. The normalized spacial score (nSPS) is 12.6. The van der Waals surface area contributed by atoms with Crippen LogP contribution in [0, 0.1) is 13.8 Å². The van der Waals surface area contributed by atoms with Gasteiger partial charge in [0.2, 0.25) is 0 Å². The Labute approximate surface area is 120 Å². The van der Waals surface area contributed by atoms with Crippen molar-refractivity contribution in [1.29, 1.82) is 0 Å². The van der Waals surface area contributed by atoms with E-state index in [1.165, 1.54) is 0 Å². The Hall–Kier alpha value is -1.33. The fourth-order valence-electron chi connectivity index (χ4n) is 1.83. The fourth-order valence-corrected chi connectivity index (χ4v) is 3.41. The van der Waals surface area contributed by atoms with E-state index in [4.69, 9.17) is 17.3 Å². The minimum absolute atomic E-state index is 0.347. The lowest BCUT2D eigenvalue weighted by Crippen LogP contribution is -2.04. The van der Waals surface area contributed by atoms with Crippen LogP contribution in [0.3, 0.4) is 0 Å². The lowest BCUT2D eigenvalue weighted by Gasteiger charge is -2.06. The van der Waals surface area contributed by atoms with Gasteiger partial charge in [0.1, 0.15) is 0 Å². The second-order valence-corrected chi connectivity index (χ2v) is 6.31. The molecule has 0 aliphatic heterocycles. The fraction of sp³-hybridized carbons (Fsp3) is 0.308. The van der Waals surface area contributed by atoms with Crippen LogP contribution in [0.25, 0.3) is 0 Å². The second-order valence-electron chi connectivity index (χ2n) is 4.48. The van der Waals surface area contributed by atoms with Crippen molar-refractivity contribution in [3.8, 4) is 0 Å². The van der Waals surface area contributed by atoms with Gasteiger partial charge in [0.25, 0.3) is 0 Å². The van der Waals surface area contributed by atoms with Crippen LogP contribution in [-0.2, 0) is 23.6 Å². The van der Waals surface area contributed by atoms with E-state index in [1.54, 1.807) is 23.9 Å². The third-order valence-corrected chi connectivity index (χ3v) is 4.84. The number of aromatic nitrogens is 2. The van der Waals surface area contributed by atoms with E-state index >= 15 is 0 Å². The van der Waals surface area contributed by atoms with E-state index in [9.17, 15) is 4.21 Å². The third-order valence-electron chi connectivity index (χ3n) is 3.03. The van der Waals surface area contributed by atoms with Gasteiger partial charge in [0.15, 0.2) is 0 Å². The summed E-state index contributed by atoms with van der Waals surface area (Å²) < 4.78 is 14.0. The zero-order valence-electron chi connectivity index (χ0n) is 11.1. The Morgan fingerprint density at radius 2 is 2.11 bits per heavy atom. The van der Waals surface area contributed by atoms with Gasteiger partial charge in [-0.3, -0.25) is 8.89 Å². The van der Waals surface area contributed by atoms with Crippen molar-refractivity contribution in [3.05, 3.63) is 40.2 Å². The molecule has 1 unspecified atom stereocenters. The lowest BCUT2D eigenvalue weighted by atomic mass is 10.2. The van der Waals surface area contributed by atoms with Gasteiger partial charge in [0.05, 0.1) is 33.0 Å². The molecular weight excluding hydrogens is 282 g/mol. The molecule has 102 valence electrons. The van der Waals surface area contributed by atoms with Crippen molar-refractivity contribution >= 4 is 28.1 Å². The first-order valence-electron chi connectivity index (χ1n) is 5.82. The van der Waals surface area contributed by atoms with Crippen LogP contribution in [0.15, 0.2) is 23.1 Å². The number of hydrogen-bond donors (Lipinski definition) is 1. The van der Waals surface area contributed by atoms with Crippen LogP contribution in [0.5, 0.6) is 0 Å². The Morgan fingerprint density at radius 1 is 1.42 bits per heavy atom. The number of benzene rings is 1. The Kier molecular flexibility index (Phi) is 3.96. The van der Waals surface area contributed by atoms with Crippen molar-refractivity contribution in [2.45, 2.75) is 24.5 Å². The zero-order valence-corrected chi connectivity index (χ0v) is 12.7. The molecule has 6 heteroatoms. The van der Waals surface area contributed by atoms with Gasteiger partial charge in [0, 0.05) is 17.6 Å². The Bertz CT molecular complexity index is 652. The highest BCUT2D eigenvalue weighted by molar-refractivity contribution is 7.84. The monoisotopic (exact) mass is 297 g/mol. The molecule has 1 aromatic carbocycles. The molecule has 0 amide bonds. The van der Waals surface area contributed by atoms with Crippen LogP contribution in [0.1, 0.15) is 17.0 Å². The first kappa shape index (κ1) is 14.1. The predicted molar refractivity (Wildman–Crippen MR) is 78.7 cm³/mol. The van der Waals surface area contributed by atoms with E-state index in [1.807, 2.05) is 19.9 Å². The van der Waals surface area contributed by atoms with Crippen molar-refractivity contribution in [1.82, 2.24) is 9.78 Å². The molecule has 0 aliphatic rings. The Balaban J connectivity index is 2.28. The molecule has 4 nitrogen and oxygen atoms in total. The van der Waals surface area contributed by atoms with Gasteiger partial charge >= 0.3 is 0 Å². The number of halogens is 1. The summed E-state index contributed by atoms with van der Waals surface area (Å²) in [5.74, 6) is 0.347. The first-order valence-corrected chi connectivity index (χ1v) is 7.52. The van der Waals surface area contributed by atoms with Crippen LogP contribution >= 0.6 is 11.6 Å². The highest BCUT2D eigenvalue weighted by atomic mass is 35.5. The zero-order chi connectivity index (χ0) is 14.2. The SMILES string of the molecule is Cc1cc(S(=O)Cc2c(Cl)c(C)nn2C)ccc1N. The molecule has 1 atom stereocenters. The molecule has 1 heterocycles. The van der Waals surface area contributed by atoms with E-state index in [2.05, 4.69) is 5.10 Å². The van der Waals surface area contributed by atoms with Crippen LogP contribution in [0.4, 0.5) is 5.69 Å². The minimum atomic E-state index is -1.16. The highest BCUT2D eigenvalue weighted by Crippen LogP contribution is 2.23. The van der Waals surface area contributed by atoms with E-state index in [-0.39, 0.29) is 0 Å². The summed E-state index contributed by atoms with van der Waals surface area (Å²) in [6.45, 7) is 3.74. The van der Waals surface area contributed by atoms with Crippen molar-refractivity contribution in [3.63, 3.8) is 0 Å². The maximum Gasteiger partial charge on any atom is 0.0856 e. The molecule has 0 fully saturated rings. The topological polar surface area (TPSA) is 60.9 Å². The first-order chi connectivity index (χ1) is 8.90. The van der Waals surface area contributed by atoms with Crippen LogP contribution in [-0.4, -0.2) is 14.0 Å². The smallest absolute Gasteiger partial charge is 0.0856 e. The molecule has 2 N–H and O–H groups in total. The van der Waals surface area contributed by atoms with Gasteiger partial charge in [-0.25, -0.2) is 0 Å². The molecule has 0 saturated heterocycles.